The highest BCUT2D eigenvalue weighted by Crippen LogP contribution is 2.37. The fourth-order valence-corrected chi connectivity index (χ4v) is 3.86. The number of hydrogen-bond acceptors (Lipinski definition) is 4. The third-order valence-corrected chi connectivity index (χ3v) is 5.45. The van der Waals surface area contributed by atoms with Crippen LogP contribution in [0.4, 0.5) is 11.4 Å². The van der Waals surface area contributed by atoms with E-state index in [4.69, 9.17) is 11.6 Å². The summed E-state index contributed by atoms with van der Waals surface area (Å²) < 4.78 is 0. The molecule has 0 aliphatic carbocycles. The molecule has 0 spiro atoms. The Morgan fingerprint density at radius 2 is 1.62 bits per heavy atom. The molecular weight excluding hydrogens is 338 g/mol. The number of thioether (sulfide) groups is 1. The van der Waals surface area contributed by atoms with Crippen LogP contribution in [0.3, 0.4) is 0 Å². The van der Waals surface area contributed by atoms with Crippen LogP contribution in [-0.2, 0) is 0 Å². The highest BCUT2D eigenvalue weighted by Gasteiger charge is 2.14. The third kappa shape index (κ3) is 4.17. The molecule has 4 N–H and O–H groups in total. The van der Waals surface area contributed by atoms with Crippen LogP contribution in [0.15, 0.2) is 90.3 Å². The molecule has 0 aromatic heterocycles. The summed E-state index contributed by atoms with van der Waals surface area (Å²) in [5, 5.41) is 1.89. The van der Waals surface area contributed by atoms with E-state index < -0.39 is 0 Å². The van der Waals surface area contributed by atoms with Crippen LogP contribution in [0.1, 0.15) is 16.4 Å². The monoisotopic (exact) mass is 361 g/mol. The Balaban J connectivity index is 1.86. The van der Waals surface area contributed by atoms with Crippen LogP contribution in [-0.4, -0.2) is 6.54 Å². The van der Waals surface area contributed by atoms with Gasteiger partial charge >= 0.3 is 0 Å². The van der Waals surface area contributed by atoms with Crippen molar-refractivity contribution < 1.29 is 0 Å². The lowest BCUT2D eigenvalue weighted by molar-refractivity contribution is 0.941. The van der Waals surface area contributed by atoms with Crippen molar-refractivity contribution in [3.63, 3.8) is 0 Å². The van der Waals surface area contributed by atoms with Crippen molar-refractivity contribution in [2.45, 2.75) is 10.1 Å². The minimum Gasteiger partial charge on any atom is -0.329 e. The van der Waals surface area contributed by atoms with Gasteiger partial charge in [0.25, 0.3) is 0 Å². The molecule has 0 saturated carbocycles. The van der Waals surface area contributed by atoms with Crippen LogP contribution in [0, 0.1) is 0 Å². The lowest BCUT2D eigenvalue weighted by Crippen LogP contribution is -2.25. The van der Waals surface area contributed by atoms with Crippen molar-refractivity contribution in [2.24, 2.45) is 11.6 Å². The molecule has 0 fully saturated rings. The molecule has 1 atom stereocenters. The predicted octanol–water partition coefficient (Wildman–Crippen LogP) is 5.13. The summed E-state index contributed by atoms with van der Waals surface area (Å²) in [7, 11) is 0. The van der Waals surface area contributed by atoms with Gasteiger partial charge < -0.3 is 5.73 Å². The molecule has 3 rings (SSSR count). The van der Waals surface area contributed by atoms with E-state index in [9.17, 15) is 0 Å². The van der Waals surface area contributed by atoms with Gasteiger partial charge in [-0.3, -0.25) is 5.01 Å². The zero-order valence-electron chi connectivity index (χ0n) is 14.6. The van der Waals surface area contributed by atoms with Gasteiger partial charge in [0.15, 0.2) is 0 Å². The normalized spacial score (nSPS) is 11.8. The van der Waals surface area contributed by atoms with E-state index in [-0.39, 0.29) is 5.25 Å². The largest absolute Gasteiger partial charge is 0.329 e. The number of para-hydroxylation sites is 1. The minimum absolute atomic E-state index is 0.211. The van der Waals surface area contributed by atoms with Crippen LogP contribution < -0.4 is 16.6 Å². The van der Waals surface area contributed by atoms with E-state index >= 15 is 0 Å². The molecule has 26 heavy (non-hydrogen) atoms. The molecule has 4 heteroatoms. The average molecular weight is 362 g/mol. The second kappa shape index (κ2) is 8.72. The molecule has 132 valence electrons. The van der Waals surface area contributed by atoms with Gasteiger partial charge in [-0.05, 0) is 35.9 Å². The van der Waals surface area contributed by atoms with E-state index in [0.717, 1.165) is 21.8 Å². The van der Waals surface area contributed by atoms with Crippen LogP contribution in [0.25, 0.3) is 6.08 Å². The van der Waals surface area contributed by atoms with Gasteiger partial charge in [-0.25, -0.2) is 5.84 Å². The highest BCUT2D eigenvalue weighted by molar-refractivity contribution is 7.99. The van der Waals surface area contributed by atoms with E-state index in [0.29, 0.717) is 6.54 Å². The number of hydrazine groups is 1. The minimum atomic E-state index is 0.211. The van der Waals surface area contributed by atoms with Crippen LogP contribution >= 0.6 is 11.8 Å². The Morgan fingerprint density at radius 1 is 0.962 bits per heavy atom. The molecule has 1 unspecified atom stereocenters. The summed E-state index contributed by atoms with van der Waals surface area (Å²) in [4.78, 5) is 1.14. The fraction of sp³-hybridized carbons (Fsp3) is 0.0909. The predicted molar refractivity (Wildman–Crippen MR) is 113 cm³/mol. The van der Waals surface area contributed by atoms with E-state index in [2.05, 4.69) is 30.8 Å². The average Bonchev–Trinajstić information content (AvgIpc) is 2.72. The van der Waals surface area contributed by atoms with Gasteiger partial charge in [-0.2, -0.15) is 0 Å². The molecule has 3 nitrogen and oxygen atoms in total. The first kappa shape index (κ1) is 18.3. The number of benzene rings is 3. The Bertz CT molecular complexity index is 850. The molecule has 0 amide bonds. The highest BCUT2D eigenvalue weighted by atomic mass is 32.2. The van der Waals surface area contributed by atoms with Gasteiger partial charge in [0.05, 0.1) is 11.4 Å². The second-order valence-corrected chi connectivity index (χ2v) is 7.16. The summed E-state index contributed by atoms with van der Waals surface area (Å²) in [6.07, 6.45) is 1.84. The fourth-order valence-electron chi connectivity index (χ4n) is 2.80. The van der Waals surface area contributed by atoms with E-state index in [1.807, 2.05) is 60.7 Å². The first-order chi connectivity index (χ1) is 12.7. The Labute approximate surface area is 159 Å². The van der Waals surface area contributed by atoms with Gasteiger partial charge in [-0.15, -0.1) is 11.8 Å². The molecule has 0 radical (unpaired) electrons. The van der Waals surface area contributed by atoms with Crippen molar-refractivity contribution >= 4 is 29.2 Å². The Kier molecular flexibility index (Phi) is 6.12. The first-order valence-electron chi connectivity index (χ1n) is 8.51. The van der Waals surface area contributed by atoms with Crippen molar-refractivity contribution in [2.75, 3.05) is 11.6 Å². The maximum atomic E-state index is 6.32. The number of hydrogen-bond donors (Lipinski definition) is 2. The van der Waals surface area contributed by atoms with Gasteiger partial charge in [-0.1, -0.05) is 61.2 Å². The Hall–Kier alpha value is -2.53. The van der Waals surface area contributed by atoms with Crippen LogP contribution in [0.2, 0.25) is 0 Å². The van der Waals surface area contributed by atoms with Crippen molar-refractivity contribution in [1.82, 2.24) is 0 Å². The van der Waals surface area contributed by atoms with Gasteiger partial charge in [0.2, 0.25) is 0 Å². The maximum Gasteiger partial charge on any atom is 0.0648 e. The number of anilines is 2. The summed E-state index contributed by atoms with van der Waals surface area (Å²) in [5.74, 6) is 6.32. The Morgan fingerprint density at radius 3 is 2.23 bits per heavy atom. The molecule has 0 heterocycles. The van der Waals surface area contributed by atoms with Crippen molar-refractivity contribution in [3.8, 4) is 0 Å². The van der Waals surface area contributed by atoms with Gasteiger partial charge in [0, 0.05) is 22.3 Å². The molecule has 3 aromatic rings. The number of rotatable bonds is 7. The standard InChI is InChI=1S/C22H23N3S/c1-2-17-15-20(26-22(16-23)18-9-5-3-6-10-18)13-14-21(17)25(24)19-11-7-4-8-12-19/h2-15,22H,1,16,23-24H2. The molecule has 0 aliphatic heterocycles. The number of nitrogens with zero attached hydrogens (tertiary/aromatic N) is 1. The molecule has 0 saturated heterocycles. The quantitative estimate of drug-likeness (QED) is 0.348. The zero-order valence-corrected chi connectivity index (χ0v) is 15.4. The SMILES string of the molecule is C=Cc1cc(SC(CN)c2ccccc2)ccc1N(N)c1ccccc1. The summed E-state index contributed by atoms with van der Waals surface area (Å²) in [6.45, 7) is 4.53. The van der Waals surface area contributed by atoms with E-state index in [1.165, 1.54) is 5.56 Å². The number of nitrogens with two attached hydrogens (primary N) is 2. The second-order valence-electron chi connectivity index (χ2n) is 5.88. The smallest absolute Gasteiger partial charge is 0.0648 e. The lowest BCUT2D eigenvalue weighted by atomic mass is 10.1. The third-order valence-electron chi connectivity index (χ3n) is 4.18. The summed E-state index contributed by atoms with van der Waals surface area (Å²) in [6, 6.07) is 26.4. The topological polar surface area (TPSA) is 55.3 Å². The van der Waals surface area contributed by atoms with Crippen molar-refractivity contribution in [1.29, 1.82) is 0 Å². The van der Waals surface area contributed by atoms with E-state index in [1.54, 1.807) is 16.8 Å². The molecular formula is C22H23N3S. The van der Waals surface area contributed by atoms with Crippen molar-refractivity contribution in [3.05, 3.63) is 96.6 Å². The molecule has 3 aromatic carbocycles. The summed E-state index contributed by atoms with van der Waals surface area (Å²) in [5.41, 5.74) is 10.1. The maximum absolute atomic E-state index is 6.32. The molecule has 0 bridgehead atoms. The zero-order chi connectivity index (χ0) is 18.4. The first-order valence-corrected chi connectivity index (χ1v) is 9.39. The molecule has 0 aliphatic rings. The summed E-state index contributed by atoms with van der Waals surface area (Å²) >= 11 is 1.76. The lowest BCUT2D eigenvalue weighted by Gasteiger charge is -2.22. The van der Waals surface area contributed by atoms with Gasteiger partial charge in [0.1, 0.15) is 0 Å². The van der Waals surface area contributed by atoms with Crippen LogP contribution in [0.5, 0.6) is 0 Å².